The molecule has 4 aromatic rings. The molecule has 134 valence electrons. The molecule has 3 nitrogen and oxygen atoms in total. The number of hydrogen-bond acceptors (Lipinski definition) is 3. The molecule has 0 saturated carbocycles. The first-order chi connectivity index (χ1) is 13.2. The van der Waals surface area contributed by atoms with Crippen LogP contribution in [0.3, 0.4) is 0 Å². The van der Waals surface area contributed by atoms with Crippen LogP contribution in [0.15, 0.2) is 88.8 Å². The SMILES string of the molecule is Cc1ccc(CSc2nc3ccccc3c(=O)n2Cc2ccccc2)cc1. The lowest BCUT2D eigenvalue weighted by molar-refractivity contribution is 0.658. The Morgan fingerprint density at radius 3 is 2.33 bits per heavy atom. The quantitative estimate of drug-likeness (QED) is 0.363. The van der Waals surface area contributed by atoms with Crippen molar-refractivity contribution in [2.24, 2.45) is 0 Å². The Morgan fingerprint density at radius 2 is 1.56 bits per heavy atom. The monoisotopic (exact) mass is 372 g/mol. The van der Waals surface area contributed by atoms with E-state index in [1.54, 1.807) is 16.3 Å². The Morgan fingerprint density at radius 1 is 0.852 bits per heavy atom. The van der Waals surface area contributed by atoms with Crippen LogP contribution in [-0.4, -0.2) is 9.55 Å². The normalized spacial score (nSPS) is 11.0. The highest BCUT2D eigenvalue weighted by molar-refractivity contribution is 7.98. The van der Waals surface area contributed by atoms with Crippen molar-refractivity contribution in [3.8, 4) is 0 Å². The molecule has 1 heterocycles. The lowest BCUT2D eigenvalue weighted by atomic mass is 10.2. The summed E-state index contributed by atoms with van der Waals surface area (Å²) >= 11 is 1.61. The molecular formula is C23H20N2OS. The number of aryl methyl sites for hydroxylation is 1. The zero-order valence-electron chi connectivity index (χ0n) is 15.1. The summed E-state index contributed by atoms with van der Waals surface area (Å²) in [4.78, 5) is 17.9. The number of thioether (sulfide) groups is 1. The van der Waals surface area contributed by atoms with Gasteiger partial charge >= 0.3 is 0 Å². The average Bonchev–Trinajstić information content (AvgIpc) is 2.71. The molecule has 0 radical (unpaired) electrons. The second-order valence-electron chi connectivity index (χ2n) is 6.56. The van der Waals surface area contributed by atoms with Gasteiger partial charge in [-0.3, -0.25) is 9.36 Å². The van der Waals surface area contributed by atoms with Gasteiger partial charge in [0.2, 0.25) is 0 Å². The van der Waals surface area contributed by atoms with E-state index in [-0.39, 0.29) is 5.56 Å². The van der Waals surface area contributed by atoms with Gasteiger partial charge in [-0.2, -0.15) is 0 Å². The van der Waals surface area contributed by atoms with E-state index >= 15 is 0 Å². The standard InChI is InChI=1S/C23H20N2OS/c1-17-11-13-19(14-12-17)16-27-23-24-21-10-6-5-9-20(21)22(26)25(23)15-18-7-3-2-4-8-18/h2-14H,15-16H2,1H3. The minimum Gasteiger partial charge on any atom is -0.283 e. The van der Waals surface area contributed by atoms with Crippen molar-refractivity contribution in [1.29, 1.82) is 0 Å². The molecule has 0 spiro atoms. The summed E-state index contributed by atoms with van der Waals surface area (Å²) in [6.07, 6.45) is 0. The van der Waals surface area contributed by atoms with E-state index in [0.29, 0.717) is 11.9 Å². The fourth-order valence-corrected chi connectivity index (χ4v) is 3.95. The first-order valence-corrected chi connectivity index (χ1v) is 9.91. The van der Waals surface area contributed by atoms with Crippen molar-refractivity contribution >= 4 is 22.7 Å². The molecule has 0 atom stereocenters. The predicted octanol–water partition coefficient (Wildman–Crippen LogP) is 5.05. The van der Waals surface area contributed by atoms with Gasteiger partial charge in [0, 0.05) is 5.75 Å². The Kier molecular flexibility index (Phi) is 5.07. The van der Waals surface area contributed by atoms with Crippen molar-refractivity contribution in [2.45, 2.75) is 24.4 Å². The van der Waals surface area contributed by atoms with Gasteiger partial charge in [0.15, 0.2) is 5.16 Å². The van der Waals surface area contributed by atoms with E-state index in [1.807, 2.05) is 54.6 Å². The highest BCUT2D eigenvalue weighted by Crippen LogP contribution is 2.23. The van der Waals surface area contributed by atoms with E-state index in [0.717, 1.165) is 22.0 Å². The third-order valence-corrected chi connectivity index (χ3v) is 5.55. The van der Waals surface area contributed by atoms with Crippen LogP contribution in [0.1, 0.15) is 16.7 Å². The van der Waals surface area contributed by atoms with Gasteiger partial charge in [-0.15, -0.1) is 0 Å². The largest absolute Gasteiger partial charge is 0.283 e. The highest BCUT2D eigenvalue weighted by Gasteiger charge is 2.12. The minimum absolute atomic E-state index is 0.0101. The summed E-state index contributed by atoms with van der Waals surface area (Å²) in [5.74, 6) is 0.778. The third-order valence-electron chi connectivity index (χ3n) is 4.50. The molecule has 4 rings (SSSR count). The molecule has 3 aromatic carbocycles. The van der Waals surface area contributed by atoms with E-state index < -0.39 is 0 Å². The van der Waals surface area contributed by atoms with E-state index in [1.165, 1.54) is 11.1 Å². The first kappa shape index (κ1) is 17.6. The smallest absolute Gasteiger partial charge is 0.262 e. The lowest BCUT2D eigenvalue weighted by Gasteiger charge is -2.13. The van der Waals surface area contributed by atoms with Crippen molar-refractivity contribution in [1.82, 2.24) is 9.55 Å². The summed E-state index contributed by atoms with van der Waals surface area (Å²) in [5, 5.41) is 1.41. The van der Waals surface area contributed by atoms with Gasteiger partial charge in [-0.05, 0) is 30.2 Å². The van der Waals surface area contributed by atoms with Crippen molar-refractivity contribution in [3.63, 3.8) is 0 Å². The zero-order chi connectivity index (χ0) is 18.6. The molecule has 0 N–H and O–H groups in total. The molecule has 0 aliphatic rings. The van der Waals surface area contributed by atoms with E-state index in [2.05, 4.69) is 31.2 Å². The highest BCUT2D eigenvalue weighted by atomic mass is 32.2. The fraction of sp³-hybridized carbons (Fsp3) is 0.130. The van der Waals surface area contributed by atoms with Gasteiger partial charge in [-0.25, -0.2) is 4.98 Å². The molecule has 0 unspecified atom stereocenters. The summed E-state index contributed by atoms with van der Waals surface area (Å²) in [7, 11) is 0. The number of para-hydroxylation sites is 1. The summed E-state index contributed by atoms with van der Waals surface area (Å²) < 4.78 is 1.79. The Hall–Kier alpha value is -2.85. The van der Waals surface area contributed by atoms with Crippen LogP contribution >= 0.6 is 11.8 Å². The van der Waals surface area contributed by atoms with Gasteiger partial charge in [-0.1, -0.05) is 84.1 Å². The van der Waals surface area contributed by atoms with Crippen LogP contribution < -0.4 is 5.56 Å². The van der Waals surface area contributed by atoms with Crippen LogP contribution in [0.2, 0.25) is 0 Å². The number of benzene rings is 3. The molecular weight excluding hydrogens is 352 g/mol. The van der Waals surface area contributed by atoms with E-state index in [4.69, 9.17) is 4.98 Å². The second kappa shape index (κ2) is 7.80. The number of hydrogen-bond donors (Lipinski definition) is 0. The van der Waals surface area contributed by atoms with Crippen LogP contribution in [-0.2, 0) is 12.3 Å². The maximum absolute atomic E-state index is 13.1. The van der Waals surface area contributed by atoms with Crippen LogP contribution in [0.25, 0.3) is 10.9 Å². The molecule has 0 aliphatic heterocycles. The molecule has 4 heteroatoms. The molecule has 0 bridgehead atoms. The van der Waals surface area contributed by atoms with Crippen LogP contribution in [0.4, 0.5) is 0 Å². The maximum Gasteiger partial charge on any atom is 0.262 e. The molecule has 0 aliphatic carbocycles. The molecule has 0 amide bonds. The van der Waals surface area contributed by atoms with Crippen LogP contribution in [0, 0.1) is 6.92 Å². The number of aromatic nitrogens is 2. The Labute approximate surface area is 162 Å². The topological polar surface area (TPSA) is 34.9 Å². The molecule has 0 saturated heterocycles. The predicted molar refractivity (Wildman–Crippen MR) is 112 cm³/mol. The van der Waals surface area contributed by atoms with Gasteiger partial charge < -0.3 is 0 Å². The molecule has 1 aromatic heterocycles. The summed E-state index contributed by atoms with van der Waals surface area (Å²) in [6, 6.07) is 26.1. The molecule has 0 fully saturated rings. The Bertz CT molecular complexity index is 1120. The second-order valence-corrected chi connectivity index (χ2v) is 7.51. The summed E-state index contributed by atoms with van der Waals surface area (Å²) in [6.45, 7) is 2.60. The van der Waals surface area contributed by atoms with Crippen molar-refractivity contribution in [2.75, 3.05) is 0 Å². The first-order valence-electron chi connectivity index (χ1n) is 8.92. The Balaban J connectivity index is 1.73. The van der Waals surface area contributed by atoms with Gasteiger partial charge in [0.1, 0.15) is 0 Å². The summed E-state index contributed by atoms with van der Waals surface area (Å²) in [5.41, 5.74) is 4.32. The fourth-order valence-electron chi connectivity index (χ4n) is 3.00. The third kappa shape index (κ3) is 3.96. The van der Waals surface area contributed by atoms with Gasteiger partial charge in [0.25, 0.3) is 5.56 Å². The lowest BCUT2D eigenvalue weighted by Crippen LogP contribution is -2.24. The maximum atomic E-state index is 13.1. The van der Waals surface area contributed by atoms with Crippen molar-refractivity contribution < 1.29 is 0 Å². The van der Waals surface area contributed by atoms with E-state index in [9.17, 15) is 4.79 Å². The zero-order valence-corrected chi connectivity index (χ0v) is 15.9. The average molecular weight is 372 g/mol. The number of nitrogens with zero attached hydrogens (tertiary/aromatic N) is 2. The number of rotatable bonds is 5. The van der Waals surface area contributed by atoms with Crippen molar-refractivity contribution in [3.05, 3.63) is 106 Å². The van der Waals surface area contributed by atoms with Gasteiger partial charge in [0.05, 0.1) is 17.4 Å². The van der Waals surface area contributed by atoms with Crippen LogP contribution in [0.5, 0.6) is 0 Å². The minimum atomic E-state index is 0.0101. The number of fused-ring (bicyclic) bond motifs is 1. The molecule has 27 heavy (non-hydrogen) atoms.